The van der Waals surface area contributed by atoms with Crippen LogP contribution in [0.5, 0.6) is 0 Å². The van der Waals surface area contributed by atoms with Crippen molar-refractivity contribution in [3.05, 3.63) is 28.3 Å². The molecule has 0 aliphatic carbocycles. The Morgan fingerprint density at radius 3 is 2.44 bits per heavy atom. The van der Waals surface area contributed by atoms with E-state index in [1.54, 1.807) is 26.0 Å². The molecule has 0 heterocycles. The number of aliphatic hydroxyl groups excluding tert-OH is 1. The zero-order valence-electron chi connectivity index (χ0n) is 10.7. The average Bonchev–Trinajstić information content (AvgIpc) is 2.30. The summed E-state index contributed by atoms with van der Waals surface area (Å²) in [5.41, 5.74) is 1.30. The molecule has 0 amide bonds. The number of aliphatic hydroxyl groups is 1. The van der Waals surface area contributed by atoms with Crippen molar-refractivity contribution in [1.82, 2.24) is 4.72 Å². The van der Waals surface area contributed by atoms with Crippen molar-refractivity contribution in [1.29, 1.82) is 0 Å². The first kappa shape index (κ1) is 15.4. The molecule has 1 atom stereocenters. The maximum absolute atomic E-state index is 12.2. The second-order valence-electron chi connectivity index (χ2n) is 4.28. The van der Waals surface area contributed by atoms with Crippen LogP contribution in [0.2, 0.25) is 5.02 Å². The van der Waals surface area contributed by atoms with Gasteiger partial charge in [0, 0.05) is 11.1 Å². The summed E-state index contributed by atoms with van der Waals surface area (Å²) in [6.45, 7) is 5.04. The zero-order valence-corrected chi connectivity index (χ0v) is 12.3. The third-order valence-corrected chi connectivity index (χ3v) is 4.85. The summed E-state index contributed by atoms with van der Waals surface area (Å²) in [5, 5.41) is 9.60. The van der Waals surface area contributed by atoms with E-state index in [0.717, 1.165) is 0 Å². The van der Waals surface area contributed by atoms with E-state index >= 15 is 0 Å². The van der Waals surface area contributed by atoms with E-state index in [4.69, 9.17) is 16.7 Å². The van der Waals surface area contributed by atoms with Gasteiger partial charge < -0.3 is 5.11 Å². The number of hydrogen-bond acceptors (Lipinski definition) is 3. The maximum atomic E-state index is 12.2. The minimum Gasteiger partial charge on any atom is -0.395 e. The highest BCUT2D eigenvalue weighted by molar-refractivity contribution is 7.89. The lowest BCUT2D eigenvalue weighted by molar-refractivity contribution is 0.254. The van der Waals surface area contributed by atoms with Crippen molar-refractivity contribution < 1.29 is 13.5 Å². The normalized spacial score (nSPS) is 13.6. The van der Waals surface area contributed by atoms with Gasteiger partial charge in [0.2, 0.25) is 10.0 Å². The Morgan fingerprint density at radius 2 is 1.94 bits per heavy atom. The Balaban J connectivity index is 3.16. The van der Waals surface area contributed by atoms with Crippen LogP contribution in [0, 0.1) is 13.8 Å². The van der Waals surface area contributed by atoms with Crippen LogP contribution in [-0.4, -0.2) is 26.2 Å². The quantitative estimate of drug-likeness (QED) is 0.872. The number of hydrogen-bond donors (Lipinski definition) is 2. The van der Waals surface area contributed by atoms with Gasteiger partial charge in [-0.2, -0.15) is 0 Å². The van der Waals surface area contributed by atoms with Crippen molar-refractivity contribution >= 4 is 21.6 Å². The predicted octanol–water partition coefficient (Wildman–Crippen LogP) is 2.01. The van der Waals surface area contributed by atoms with Crippen LogP contribution < -0.4 is 4.72 Å². The first-order valence-corrected chi connectivity index (χ1v) is 7.57. The van der Waals surface area contributed by atoms with Gasteiger partial charge in [-0.25, -0.2) is 13.1 Å². The topological polar surface area (TPSA) is 66.4 Å². The molecular formula is C12H18ClNO3S. The summed E-state index contributed by atoms with van der Waals surface area (Å²) < 4.78 is 26.8. The van der Waals surface area contributed by atoms with Gasteiger partial charge in [-0.3, -0.25) is 0 Å². The average molecular weight is 292 g/mol. The van der Waals surface area contributed by atoms with Crippen molar-refractivity contribution in [2.24, 2.45) is 0 Å². The van der Waals surface area contributed by atoms with Crippen LogP contribution in [0.15, 0.2) is 17.0 Å². The number of benzene rings is 1. The Hall–Kier alpha value is -0.620. The number of aryl methyl sites for hydroxylation is 2. The molecule has 18 heavy (non-hydrogen) atoms. The summed E-state index contributed by atoms with van der Waals surface area (Å²) in [6, 6.07) is 2.71. The molecule has 1 unspecified atom stereocenters. The molecule has 4 nitrogen and oxygen atoms in total. The van der Waals surface area contributed by atoms with Gasteiger partial charge in [0.1, 0.15) is 0 Å². The monoisotopic (exact) mass is 291 g/mol. The van der Waals surface area contributed by atoms with Gasteiger partial charge in [0.05, 0.1) is 11.5 Å². The number of nitrogens with one attached hydrogen (secondary N) is 1. The van der Waals surface area contributed by atoms with Gasteiger partial charge in [-0.15, -0.1) is 0 Å². The maximum Gasteiger partial charge on any atom is 0.241 e. The van der Waals surface area contributed by atoms with Gasteiger partial charge >= 0.3 is 0 Å². The minimum absolute atomic E-state index is 0.205. The molecule has 0 radical (unpaired) electrons. The van der Waals surface area contributed by atoms with Gasteiger partial charge in [-0.05, 0) is 43.5 Å². The van der Waals surface area contributed by atoms with E-state index < -0.39 is 16.1 Å². The smallest absolute Gasteiger partial charge is 0.241 e. The third kappa shape index (κ3) is 3.45. The summed E-state index contributed by atoms with van der Waals surface area (Å²) in [6.07, 6.45) is 0.529. The largest absolute Gasteiger partial charge is 0.395 e. The lowest BCUT2D eigenvalue weighted by atomic mass is 10.2. The fourth-order valence-electron chi connectivity index (χ4n) is 1.58. The highest BCUT2D eigenvalue weighted by atomic mass is 35.5. The molecule has 0 bridgehead atoms. The molecule has 0 aliphatic rings. The van der Waals surface area contributed by atoms with Crippen LogP contribution in [-0.2, 0) is 10.0 Å². The molecule has 1 rings (SSSR count). The second kappa shape index (κ2) is 6.02. The van der Waals surface area contributed by atoms with E-state index in [2.05, 4.69) is 4.72 Å². The Morgan fingerprint density at radius 1 is 1.33 bits per heavy atom. The van der Waals surface area contributed by atoms with Crippen molar-refractivity contribution in [3.63, 3.8) is 0 Å². The molecule has 0 saturated carbocycles. The predicted molar refractivity (Wildman–Crippen MR) is 72.4 cm³/mol. The van der Waals surface area contributed by atoms with Crippen LogP contribution >= 0.6 is 11.6 Å². The summed E-state index contributed by atoms with van der Waals surface area (Å²) in [4.78, 5) is 0.205. The first-order chi connectivity index (χ1) is 8.31. The van der Waals surface area contributed by atoms with Crippen LogP contribution in [0.25, 0.3) is 0 Å². The number of sulfonamides is 1. The van der Waals surface area contributed by atoms with Crippen LogP contribution in [0.3, 0.4) is 0 Å². The van der Waals surface area contributed by atoms with E-state index in [9.17, 15) is 8.42 Å². The number of halogens is 1. The lowest BCUT2D eigenvalue weighted by Gasteiger charge is -2.16. The summed E-state index contributed by atoms with van der Waals surface area (Å²) in [7, 11) is -3.62. The van der Waals surface area contributed by atoms with Crippen molar-refractivity contribution in [2.75, 3.05) is 6.61 Å². The number of rotatable bonds is 5. The van der Waals surface area contributed by atoms with Crippen LogP contribution in [0.1, 0.15) is 24.5 Å². The summed E-state index contributed by atoms with van der Waals surface area (Å²) >= 11 is 5.94. The molecule has 0 aromatic heterocycles. The molecule has 2 N–H and O–H groups in total. The standard InChI is InChI=1S/C12H18ClNO3S/c1-4-10(7-15)14-18(16,17)12-6-8(2)11(13)5-9(12)3/h5-6,10,14-15H,4,7H2,1-3H3. The van der Waals surface area contributed by atoms with Crippen molar-refractivity contribution in [3.8, 4) is 0 Å². The first-order valence-electron chi connectivity index (χ1n) is 5.71. The molecule has 6 heteroatoms. The van der Waals surface area contributed by atoms with Gasteiger partial charge in [0.25, 0.3) is 0 Å². The SMILES string of the molecule is CCC(CO)NS(=O)(=O)c1cc(C)c(Cl)cc1C. The van der Waals surface area contributed by atoms with Crippen LogP contribution in [0.4, 0.5) is 0 Å². The molecule has 1 aromatic carbocycles. The van der Waals surface area contributed by atoms with E-state index in [1.165, 1.54) is 0 Å². The third-order valence-electron chi connectivity index (χ3n) is 2.78. The van der Waals surface area contributed by atoms with Gasteiger partial charge in [-0.1, -0.05) is 18.5 Å². The minimum atomic E-state index is -3.62. The highest BCUT2D eigenvalue weighted by Crippen LogP contribution is 2.24. The fourth-order valence-corrected chi connectivity index (χ4v) is 3.42. The molecule has 1 aromatic rings. The van der Waals surface area contributed by atoms with E-state index in [1.807, 2.05) is 6.92 Å². The lowest BCUT2D eigenvalue weighted by Crippen LogP contribution is -2.37. The molecular weight excluding hydrogens is 274 g/mol. The fraction of sp³-hybridized carbons (Fsp3) is 0.500. The second-order valence-corrected chi connectivity index (χ2v) is 6.37. The molecule has 0 spiro atoms. The molecule has 0 fully saturated rings. The van der Waals surface area contributed by atoms with Crippen molar-refractivity contribution in [2.45, 2.75) is 38.1 Å². The summed E-state index contributed by atoms with van der Waals surface area (Å²) in [5.74, 6) is 0. The Bertz CT molecular complexity index is 524. The molecule has 0 saturated heterocycles. The van der Waals surface area contributed by atoms with E-state index in [0.29, 0.717) is 22.6 Å². The van der Waals surface area contributed by atoms with E-state index in [-0.39, 0.29) is 11.5 Å². The molecule has 102 valence electrons. The van der Waals surface area contributed by atoms with Gasteiger partial charge in [0.15, 0.2) is 0 Å². The Labute approximate surface area is 113 Å². The molecule has 0 aliphatic heterocycles. The zero-order chi connectivity index (χ0) is 13.9. The Kier molecular flexibility index (Phi) is 5.16. The highest BCUT2D eigenvalue weighted by Gasteiger charge is 2.21.